The van der Waals surface area contributed by atoms with Crippen molar-refractivity contribution in [1.82, 2.24) is 14.8 Å². The maximum absolute atomic E-state index is 5.08. The van der Waals surface area contributed by atoms with Crippen LogP contribution in [0.3, 0.4) is 0 Å². The smallest absolute Gasteiger partial charge is 0.124 e. The lowest BCUT2D eigenvalue weighted by molar-refractivity contribution is 0.377. The monoisotopic (exact) mass is 508 g/mol. The first kappa shape index (κ1) is 23.2. The number of nitrogens with one attached hydrogen (secondary N) is 1. The molecule has 0 atom stereocenters. The number of aromatic amines is 1. The molecule has 1 aromatic carbocycles. The van der Waals surface area contributed by atoms with Gasteiger partial charge in [-0.3, -0.25) is 0 Å². The Labute approximate surface area is 228 Å². The van der Waals surface area contributed by atoms with Crippen molar-refractivity contribution >= 4 is 28.8 Å². The van der Waals surface area contributed by atoms with E-state index in [1.807, 2.05) is 12.1 Å². The summed E-state index contributed by atoms with van der Waals surface area (Å²) >= 11 is 0. The van der Waals surface area contributed by atoms with Crippen LogP contribution in [-0.4, -0.2) is 45.0 Å². The second-order valence-electron chi connectivity index (χ2n) is 9.69. The topological polar surface area (TPSA) is 59.3 Å². The van der Waals surface area contributed by atoms with E-state index < -0.39 is 0 Å². The lowest BCUT2D eigenvalue weighted by atomic mass is 10.0. The molecular weight excluding hydrogens is 480 g/mol. The highest BCUT2D eigenvalue weighted by atomic mass is 15.4. The van der Waals surface area contributed by atoms with Crippen LogP contribution in [0.25, 0.3) is 11.6 Å². The maximum Gasteiger partial charge on any atom is 0.124 e. The number of hydrogen-bond acceptors (Lipinski definition) is 5. The summed E-state index contributed by atoms with van der Waals surface area (Å²) in [4.78, 5) is 23.3. The summed E-state index contributed by atoms with van der Waals surface area (Å²) in [7, 11) is 0. The molecule has 1 aromatic heterocycles. The number of nitrogens with zero attached hydrogens (tertiary/aromatic N) is 5. The lowest BCUT2D eigenvalue weighted by Gasteiger charge is -2.26. The van der Waals surface area contributed by atoms with E-state index in [0.717, 1.165) is 81.2 Å². The zero-order valence-electron chi connectivity index (χ0n) is 22.0. The van der Waals surface area contributed by atoms with Crippen LogP contribution in [0, 0.1) is 0 Å². The van der Waals surface area contributed by atoms with Crippen molar-refractivity contribution < 1.29 is 0 Å². The molecule has 0 aliphatic carbocycles. The highest BCUT2D eigenvalue weighted by Crippen LogP contribution is 2.33. The Hall–Kier alpha value is -4.97. The molecular formula is C33H28N6. The number of aliphatic imine (C=N–C) groups is 3. The minimum Gasteiger partial charge on any atom is -0.355 e. The third kappa shape index (κ3) is 4.10. The van der Waals surface area contributed by atoms with Gasteiger partial charge in [0.05, 0.1) is 39.8 Å². The lowest BCUT2D eigenvalue weighted by Crippen LogP contribution is -2.28. The summed E-state index contributed by atoms with van der Waals surface area (Å²) in [5.74, 6) is 1.11. The second-order valence-corrected chi connectivity index (χ2v) is 9.69. The van der Waals surface area contributed by atoms with E-state index in [0.29, 0.717) is 0 Å². The summed E-state index contributed by atoms with van der Waals surface area (Å²) in [5.41, 5.74) is 10.6. The molecule has 8 bridgehead atoms. The Kier molecular flexibility index (Phi) is 5.59. The van der Waals surface area contributed by atoms with Crippen LogP contribution in [0.15, 0.2) is 141 Å². The van der Waals surface area contributed by atoms with Crippen LogP contribution < -0.4 is 0 Å². The first-order chi connectivity index (χ1) is 19.2. The van der Waals surface area contributed by atoms with Crippen molar-refractivity contribution in [3.8, 4) is 0 Å². The minimum atomic E-state index is 0.858. The Balaban J connectivity index is 1.45. The number of aromatic nitrogens is 1. The Morgan fingerprint density at radius 3 is 2.05 bits per heavy atom. The molecule has 0 amide bonds. The molecule has 190 valence electrons. The van der Waals surface area contributed by atoms with Gasteiger partial charge in [-0.15, -0.1) is 0 Å². The number of allylic oxidation sites excluding steroid dienone is 8. The van der Waals surface area contributed by atoms with Crippen molar-refractivity contribution in [3.05, 3.63) is 143 Å². The van der Waals surface area contributed by atoms with Gasteiger partial charge < -0.3 is 14.8 Å². The SMILES string of the molecule is CCN1C=CN(CC)C1=C1C2=NC(=CC3=NC(=C(c4ccccc4)c4ccc([nH]4)C=C4C=CC1=N4)C=C3)C=C2. The van der Waals surface area contributed by atoms with Crippen molar-refractivity contribution in [2.24, 2.45) is 15.0 Å². The molecule has 6 nitrogen and oxygen atoms in total. The summed E-state index contributed by atoms with van der Waals surface area (Å²) < 4.78 is 0. The normalized spacial score (nSPS) is 19.3. The van der Waals surface area contributed by atoms with Gasteiger partial charge >= 0.3 is 0 Å². The molecule has 5 aliphatic rings. The molecule has 0 saturated carbocycles. The van der Waals surface area contributed by atoms with Crippen molar-refractivity contribution in [2.75, 3.05) is 13.1 Å². The summed E-state index contributed by atoms with van der Waals surface area (Å²) in [6.07, 6.45) is 20.9. The fourth-order valence-corrected chi connectivity index (χ4v) is 5.42. The molecule has 0 saturated heterocycles. The Morgan fingerprint density at radius 2 is 1.36 bits per heavy atom. The number of H-pyrrole nitrogens is 1. The van der Waals surface area contributed by atoms with E-state index in [-0.39, 0.29) is 0 Å². The molecule has 1 N–H and O–H groups in total. The van der Waals surface area contributed by atoms with Gasteiger partial charge in [0.1, 0.15) is 5.82 Å². The van der Waals surface area contributed by atoms with Gasteiger partial charge in [0.2, 0.25) is 0 Å². The van der Waals surface area contributed by atoms with Gasteiger partial charge in [-0.25, -0.2) is 15.0 Å². The first-order valence-electron chi connectivity index (χ1n) is 13.4. The van der Waals surface area contributed by atoms with Crippen molar-refractivity contribution in [2.45, 2.75) is 13.8 Å². The molecule has 7 rings (SSSR count). The highest BCUT2D eigenvalue weighted by Gasteiger charge is 2.29. The third-order valence-corrected chi connectivity index (χ3v) is 7.27. The fourth-order valence-electron chi connectivity index (χ4n) is 5.42. The van der Waals surface area contributed by atoms with Crippen LogP contribution in [0.4, 0.5) is 0 Å². The van der Waals surface area contributed by atoms with Gasteiger partial charge in [-0.1, -0.05) is 30.3 Å². The zero-order chi connectivity index (χ0) is 26.3. The average Bonchev–Trinajstić information content (AvgIpc) is 3.79. The fraction of sp³-hybridized carbons (Fsp3) is 0.121. The molecule has 39 heavy (non-hydrogen) atoms. The van der Waals surface area contributed by atoms with Crippen molar-refractivity contribution in [1.29, 1.82) is 0 Å². The largest absolute Gasteiger partial charge is 0.355 e. The van der Waals surface area contributed by atoms with Gasteiger partial charge in [0.25, 0.3) is 0 Å². The first-order valence-corrected chi connectivity index (χ1v) is 13.4. The minimum absolute atomic E-state index is 0.858. The van der Waals surface area contributed by atoms with Crippen LogP contribution >= 0.6 is 0 Å². The molecule has 0 spiro atoms. The van der Waals surface area contributed by atoms with Gasteiger partial charge in [0.15, 0.2) is 0 Å². The van der Waals surface area contributed by atoms with E-state index in [4.69, 9.17) is 15.0 Å². The summed E-state index contributed by atoms with van der Waals surface area (Å²) in [6.45, 7) is 6.04. The number of fused-ring (bicyclic) bond motifs is 5. The van der Waals surface area contributed by atoms with E-state index >= 15 is 0 Å². The molecule has 6 heterocycles. The van der Waals surface area contributed by atoms with E-state index in [1.54, 1.807) is 0 Å². The predicted octanol–water partition coefficient (Wildman–Crippen LogP) is 6.39. The van der Waals surface area contributed by atoms with Crippen molar-refractivity contribution in [3.63, 3.8) is 0 Å². The zero-order valence-corrected chi connectivity index (χ0v) is 22.0. The molecule has 5 aliphatic heterocycles. The standard InChI is InChI=1S/C33H28N6/c1-3-38-18-19-39(4-2)33(38)32-29-16-12-25(36-29)20-23-10-14-27(34-23)31(22-8-6-5-7-9-22)28-15-11-24(35-28)21-26-13-17-30(32)37-26/h5-21,34H,3-4H2,1-2H3. The predicted molar refractivity (Wildman–Crippen MR) is 160 cm³/mol. The van der Waals surface area contributed by atoms with Crippen LogP contribution in [0.5, 0.6) is 0 Å². The third-order valence-electron chi connectivity index (χ3n) is 7.27. The maximum atomic E-state index is 5.08. The molecule has 0 unspecified atom stereocenters. The molecule has 0 radical (unpaired) electrons. The number of hydrogen-bond donors (Lipinski definition) is 1. The van der Waals surface area contributed by atoms with Crippen LogP contribution in [0.1, 0.15) is 30.8 Å². The van der Waals surface area contributed by atoms with Gasteiger partial charge in [0, 0.05) is 42.5 Å². The summed E-state index contributed by atoms with van der Waals surface area (Å²) in [5, 5.41) is 0. The van der Waals surface area contributed by atoms with E-state index in [9.17, 15) is 0 Å². The van der Waals surface area contributed by atoms with Gasteiger partial charge in [-0.05, 0) is 80.2 Å². The Bertz CT molecular complexity index is 1690. The van der Waals surface area contributed by atoms with Crippen LogP contribution in [0.2, 0.25) is 0 Å². The molecule has 2 aromatic rings. The number of benzene rings is 1. The second kappa shape index (κ2) is 9.40. The van der Waals surface area contributed by atoms with E-state index in [2.05, 4.69) is 120 Å². The van der Waals surface area contributed by atoms with Gasteiger partial charge in [-0.2, -0.15) is 0 Å². The Morgan fingerprint density at radius 1 is 0.667 bits per heavy atom. The van der Waals surface area contributed by atoms with E-state index in [1.165, 1.54) is 0 Å². The summed E-state index contributed by atoms with van der Waals surface area (Å²) in [6, 6.07) is 14.6. The quantitative estimate of drug-likeness (QED) is 0.523. The highest BCUT2D eigenvalue weighted by molar-refractivity contribution is 6.33. The molecule has 0 fully saturated rings. The molecule has 6 heteroatoms. The average molecular weight is 509 g/mol. The number of rotatable bonds is 3. The van der Waals surface area contributed by atoms with Crippen LogP contribution in [-0.2, 0) is 0 Å².